The average molecular weight is 342 g/mol. The smallest absolute Gasteiger partial charge is 0.228 e. The van der Waals surface area contributed by atoms with Crippen molar-refractivity contribution in [2.24, 2.45) is 0 Å². The van der Waals surface area contributed by atoms with Gasteiger partial charge in [-0.2, -0.15) is 0 Å². The zero-order valence-corrected chi connectivity index (χ0v) is 14.2. The van der Waals surface area contributed by atoms with Crippen molar-refractivity contribution in [3.8, 4) is 11.3 Å². The van der Waals surface area contributed by atoms with Gasteiger partial charge in [-0.25, -0.2) is 9.97 Å². The van der Waals surface area contributed by atoms with E-state index in [1.54, 1.807) is 6.20 Å². The molecule has 0 bridgehead atoms. The number of rotatable bonds is 2. The van der Waals surface area contributed by atoms with E-state index >= 15 is 0 Å². The van der Waals surface area contributed by atoms with Crippen LogP contribution in [0.1, 0.15) is 29.2 Å². The lowest BCUT2D eigenvalue weighted by Gasteiger charge is -2.15. The molecule has 0 unspecified atom stereocenters. The largest absolute Gasteiger partial charge is 0.347 e. The molecular formula is C21H18N4O. The van der Waals surface area contributed by atoms with Crippen molar-refractivity contribution in [1.82, 2.24) is 9.97 Å². The molecule has 1 aliphatic heterocycles. The summed E-state index contributed by atoms with van der Waals surface area (Å²) in [5.41, 5.74) is 6.12. The molecule has 1 aliphatic carbocycles. The number of nitrogens with one attached hydrogen (secondary N) is 2. The Morgan fingerprint density at radius 3 is 2.85 bits per heavy atom. The predicted octanol–water partition coefficient (Wildman–Crippen LogP) is 3.74. The number of hydrogen-bond donors (Lipinski definition) is 2. The summed E-state index contributed by atoms with van der Waals surface area (Å²) in [5.74, 6) is 0.569. The van der Waals surface area contributed by atoms with Crippen LogP contribution in [0.25, 0.3) is 11.3 Å². The van der Waals surface area contributed by atoms with Crippen molar-refractivity contribution in [3.63, 3.8) is 0 Å². The van der Waals surface area contributed by atoms with Crippen molar-refractivity contribution in [2.75, 3.05) is 10.6 Å². The maximum absolute atomic E-state index is 12.1. The summed E-state index contributed by atoms with van der Waals surface area (Å²) in [7, 11) is 0. The molecule has 1 aromatic heterocycles. The molecule has 2 aliphatic rings. The number of fused-ring (bicyclic) bond motifs is 4. The molecule has 1 atom stereocenters. The lowest BCUT2D eigenvalue weighted by molar-refractivity contribution is -0.115. The standard InChI is InChI=1S/C21H18N4O/c26-19-11-14-12-22-21(24-18-10-9-13-5-1-2-6-15(13)18)25-20(14)16-7-3-4-8-17(16)23-19/h1-8,12,18H,9-11H2,(H,23,26)(H,22,24,25)/t18-/m1/s1. The normalized spacial score (nSPS) is 17.5. The zero-order chi connectivity index (χ0) is 17.5. The van der Waals surface area contributed by atoms with E-state index in [9.17, 15) is 4.79 Å². The van der Waals surface area contributed by atoms with Crippen LogP contribution in [0.4, 0.5) is 11.6 Å². The average Bonchev–Trinajstić information content (AvgIpc) is 3.00. The highest BCUT2D eigenvalue weighted by molar-refractivity contribution is 5.99. The lowest BCUT2D eigenvalue weighted by atomic mass is 10.1. The van der Waals surface area contributed by atoms with Crippen molar-refractivity contribution in [2.45, 2.75) is 25.3 Å². The molecule has 3 aromatic rings. The fourth-order valence-corrected chi connectivity index (χ4v) is 3.87. The second kappa shape index (κ2) is 5.95. The Bertz CT molecular complexity index is 1010. The van der Waals surface area contributed by atoms with E-state index in [4.69, 9.17) is 4.98 Å². The van der Waals surface area contributed by atoms with Gasteiger partial charge in [0.1, 0.15) is 0 Å². The fraction of sp³-hybridized carbons (Fsp3) is 0.190. The molecule has 0 saturated heterocycles. The van der Waals surface area contributed by atoms with Crippen molar-refractivity contribution in [1.29, 1.82) is 0 Å². The van der Waals surface area contributed by atoms with Crippen LogP contribution in [0.2, 0.25) is 0 Å². The first-order valence-electron chi connectivity index (χ1n) is 8.87. The van der Waals surface area contributed by atoms with Gasteiger partial charge < -0.3 is 10.6 Å². The van der Waals surface area contributed by atoms with Gasteiger partial charge in [-0.1, -0.05) is 42.5 Å². The molecule has 2 aromatic carbocycles. The van der Waals surface area contributed by atoms with E-state index in [1.165, 1.54) is 11.1 Å². The maximum Gasteiger partial charge on any atom is 0.228 e. The van der Waals surface area contributed by atoms with Crippen molar-refractivity contribution >= 4 is 17.5 Å². The number of carbonyl (C=O) groups is 1. The lowest BCUT2D eigenvalue weighted by Crippen LogP contribution is -2.13. The minimum Gasteiger partial charge on any atom is -0.347 e. The molecular weight excluding hydrogens is 324 g/mol. The monoisotopic (exact) mass is 342 g/mol. The Hall–Kier alpha value is -3.21. The van der Waals surface area contributed by atoms with Crippen LogP contribution in [-0.4, -0.2) is 15.9 Å². The molecule has 0 spiro atoms. The fourth-order valence-electron chi connectivity index (χ4n) is 3.87. The second-order valence-electron chi connectivity index (χ2n) is 6.77. The van der Waals surface area contributed by atoms with Crippen LogP contribution >= 0.6 is 0 Å². The number of benzene rings is 2. The van der Waals surface area contributed by atoms with E-state index in [-0.39, 0.29) is 18.4 Å². The van der Waals surface area contributed by atoms with Gasteiger partial charge in [-0.15, -0.1) is 0 Å². The van der Waals surface area contributed by atoms with Gasteiger partial charge in [-0.3, -0.25) is 4.79 Å². The van der Waals surface area contributed by atoms with Gasteiger partial charge in [-0.05, 0) is 30.0 Å². The molecule has 2 heterocycles. The summed E-state index contributed by atoms with van der Waals surface area (Å²) in [4.78, 5) is 21.4. The van der Waals surface area contributed by atoms with Gasteiger partial charge in [0.25, 0.3) is 0 Å². The Kier molecular flexibility index (Phi) is 3.45. The molecule has 128 valence electrons. The van der Waals surface area contributed by atoms with Gasteiger partial charge in [0, 0.05) is 17.3 Å². The predicted molar refractivity (Wildman–Crippen MR) is 101 cm³/mol. The Morgan fingerprint density at radius 1 is 1.04 bits per heavy atom. The summed E-state index contributed by atoms with van der Waals surface area (Å²) < 4.78 is 0. The zero-order valence-electron chi connectivity index (χ0n) is 14.2. The molecule has 5 nitrogen and oxygen atoms in total. The SMILES string of the molecule is O=C1Cc2cnc(N[C@@H]3CCc4ccccc43)nc2-c2ccccc2N1. The van der Waals surface area contributed by atoms with Crippen molar-refractivity contribution < 1.29 is 4.79 Å². The number of aromatic nitrogens is 2. The van der Waals surface area contributed by atoms with E-state index < -0.39 is 0 Å². The van der Waals surface area contributed by atoms with Crippen LogP contribution in [0.5, 0.6) is 0 Å². The Labute approximate surface area is 151 Å². The molecule has 0 fully saturated rings. The Balaban J connectivity index is 1.53. The summed E-state index contributed by atoms with van der Waals surface area (Å²) in [5, 5.41) is 6.43. The first kappa shape index (κ1) is 15.1. The number of aryl methyl sites for hydroxylation is 1. The number of anilines is 2. The Morgan fingerprint density at radius 2 is 1.88 bits per heavy atom. The quantitative estimate of drug-likeness (QED) is 0.744. The van der Waals surface area contributed by atoms with Crippen LogP contribution in [0.15, 0.2) is 54.7 Å². The van der Waals surface area contributed by atoms with Crippen molar-refractivity contribution in [3.05, 3.63) is 71.4 Å². The summed E-state index contributed by atoms with van der Waals surface area (Å²) in [6, 6.07) is 16.5. The molecule has 5 rings (SSSR count). The van der Waals surface area contributed by atoms with E-state index in [0.29, 0.717) is 5.95 Å². The van der Waals surface area contributed by atoms with E-state index in [0.717, 1.165) is 35.3 Å². The summed E-state index contributed by atoms with van der Waals surface area (Å²) in [6.45, 7) is 0. The highest BCUT2D eigenvalue weighted by atomic mass is 16.1. The number of para-hydroxylation sites is 1. The van der Waals surface area contributed by atoms with Gasteiger partial charge >= 0.3 is 0 Å². The first-order chi connectivity index (χ1) is 12.8. The van der Waals surface area contributed by atoms with E-state index in [2.05, 4.69) is 39.9 Å². The minimum atomic E-state index is -0.0368. The van der Waals surface area contributed by atoms with Crippen LogP contribution in [0, 0.1) is 0 Å². The molecule has 1 amide bonds. The molecule has 0 saturated carbocycles. The third-order valence-electron chi connectivity index (χ3n) is 5.11. The third kappa shape index (κ3) is 2.52. The maximum atomic E-state index is 12.1. The van der Waals surface area contributed by atoms with E-state index in [1.807, 2.05) is 24.3 Å². The number of nitrogens with zero attached hydrogens (tertiary/aromatic N) is 2. The van der Waals surface area contributed by atoms with Gasteiger partial charge in [0.2, 0.25) is 11.9 Å². The van der Waals surface area contributed by atoms with Gasteiger partial charge in [0.15, 0.2) is 0 Å². The highest BCUT2D eigenvalue weighted by Crippen LogP contribution is 2.35. The highest BCUT2D eigenvalue weighted by Gasteiger charge is 2.24. The molecule has 2 N–H and O–H groups in total. The van der Waals surface area contributed by atoms with Crippen LogP contribution in [-0.2, 0) is 17.6 Å². The first-order valence-corrected chi connectivity index (χ1v) is 8.87. The topological polar surface area (TPSA) is 66.9 Å². The third-order valence-corrected chi connectivity index (χ3v) is 5.11. The van der Waals surface area contributed by atoms with Crippen LogP contribution in [0.3, 0.4) is 0 Å². The number of carbonyl (C=O) groups excluding carboxylic acids is 1. The van der Waals surface area contributed by atoms with Crippen LogP contribution < -0.4 is 10.6 Å². The molecule has 5 heteroatoms. The molecule has 26 heavy (non-hydrogen) atoms. The minimum absolute atomic E-state index is 0.0368. The van der Waals surface area contributed by atoms with Gasteiger partial charge in [0.05, 0.1) is 23.8 Å². The second-order valence-corrected chi connectivity index (χ2v) is 6.77. The number of amides is 1. The summed E-state index contributed by atoms with van der Waals surface area (Å²) in [6.07, 6.45) is 4.17. The summed E-state index contributed by atoms with van der Waals surface area (Å²) >= 11 is 0. The molecule has 0 radical (unpaired) electrons. The number of hydrogen-bond acceptors (Lipinski definition) is 4.